The molecule has 2 unspecified atom stereocenters. The minimum Gasteiger partial charge on any atom is -0.481 e. The molecule has 0 aliphatic rings. The summed E-state index contributed by atoms with van der Waals surface area (Å²) < 4.78 is 66.7. The minimum absolute atomic E-state index is 0.0577. The first kappa shape index (κ1) is 25.0. The van der Waals surface area contributed by atoms with E-state index in [9.17, 15) is 22.5 Å². The van der Waals surface area contributed by atoms with Gasteiger partial charge < -0.3 is 14.0 Å². The third-order valence-electron chi connectivity index (χ3n) is 4.03. The van der Waals surface area contributed by atoms with Crippen LogP contribution in [-0.4, -0.2) is 24.8 Å². The molecule has 0 fully saturated rings. The van der Waals surface area contributed by atoms with Crippen molar-refractivity contribution in [1.29, 1.82) is 0 Å². The fraction of sp³-hybridized carbons (Fsp3) is 0.350. The number of ether oxygens (including phenoxy) is 2. The van der Waals surface area contributed by atoms with Crippen molar-refractivity contribution in [2.24, 2.45) is 0 Å². The molecule has 0 bridgehead atoms. The van der Waals surface area contributed by atoms with Crippen LogP contribution in [0.4, 0.5) is 13.2 Å². The highest BCUT2D eigenvalue weighted by molar-refractivity contribution is 7.57. The third kappa shape index (κ3) is 7.16. The molecular formula is C20H22ClF3NO5P. The highest BCUT2D eigenvalue weighted by Gasteiger charge is 2.31. The summed E-state index contributed by atoms with van der Waals surface area (Å²) in [5.41, 5.74) is -0.877. The molecule has 2 atom stereocenters. The van der Waals surface area contributed by atoms with E-state index in [-0.39, 0.29) is 23.5 Å². The molecule has 0 heterocycles. The monoisotopic (exact) mass is 479 g/mol. The van der Waals surface area contributed by atoms with E-state index >= 15 is 0 Å². The molecule has 0 saturated carbocycles. The summed E-state index contributed by atoms with van der Waals surface area (Å²) in [6.07, 6.45) is -5.30. The predicted octanol–water partition coefficient (Wildman–Crippen LogP) is 6.28. The lowest BCUT2D eigenvalue weighted by Gasteiger charge is -2.20. The molecule has 6 nitrogen and oxygen atoms in total. The zero-order valence-corrected chi connectivity index (χ0v) is 18.7. The van der Waals surface area contributed by atoms with Gasteiger partial charge in [0, 0.05) is 6.16 Å². The first-order chi connectivity index (χ1) is 14.5. The molecule has 31 heavy (non-hydrogen) atoms. The number of carbonyl (C=O) groups is 1. The molecule has 1 N–H and O–H groups in total. The molecule has 0 aliphatic carbocycles. The number of carbonyl (C=O) groups excluding carboxylic acids is 1. The number of amides is 1. The zero-order chi connectivity index (χ0) is 23.2. The van der Waals surface area contributed by atoms with Gasteiger partial charge in [0.05, 0.1) is 17.2 Å². The molecular weight excluding hydrogens is 458 g/mol. The number of alkyl halides is 3. The lowest BCUT2D eigenvalue weighted by molar-refractivity contribution is -0.137. The summed E-state index contributed by atoms with van der Waals surface area (Å²) in [7, 11) is -3.26. The van der Waals surface area contributed by atoms with Gasteiger partial charge in [0.2, 0.25) is 0 Å². The van der Waals surface area contributed by atoms with Crippen molar-refractivity contribution in [2.45, 2.75) is 33.1 Å². The van der Waals surface area contributed by atoms with E-state index in [0.717, 1.165) is 18.2 Å². The summed E-state index contributed by atoms with van der Waals surface area (Å²) in [6.45, 7) is 5.01. The van der Waals surface area contributed by atoms with Gasteiger partial charge in [-0.15, -0.1) is 0 Å². The van der Waals surface area contributed by atoms with Gasteiger partial charge in [-0.2, -0.15) is 13.2 Å². The van der Waals surface area contributed by atoms with Gasteiger partial charge in [-0.25, -0.2) is 0 Å². The van der Waals surface area contributed by atoms with Crippen LogP contribution in [0.2, 0.25) is 5.02 Å². The molecule has 0 aliphatic heterocycles. The van der Waals surface area contributed by atoms with Gasteiger partial charge in [0.1, 0.15) is 17.2 Å². The van der Waals surface area contributed by atoms with Crippen LogP contribution in [-0.2, 0) is 20.1 Å². The molecule has 2 aromatic carbocycles. The van der Waals surface area contributed by atoms with Crippen molar-refractivity contribution < 1.29 is 36.5 Å². The zero-order valence-electron chi connectivity index (χ0n) is 17.0. The van der Waals surface area contributed by atoms with E-state index in [4.69, 9.17) is 25.6 Å². The fourth-order valence-corrected chi connectivity index (χ4v) is 3.96. The second-order valence-corrected chi connectivity index (χ2v) is 9.23. The van der Waals surface area contributed by atoms with Crippen LogP contribution in [0, 0.1) is 0 Å². The summed E-state index contributed by atoms with van der Waals surface area (Å²) in [6, 6.07) is 8.82. The minimum atomic E-state index is -4.50. The van der Waals surface area contributed by atoms with Gasteiger partial charge in [0.25, 0.3) is 13.4 Å². The predicted molar refractivity (Wildman–Crippen MR) is 111 cm³/mol. The lowest BCUT2D eigenvalue weighted by Crippen LogP contribution is -2.35. The Kier molecular flexibility index (Phi) is 8.40. The van der Waals surface area contributed by atoms with Crippen LogP contribution >= 0.6 is 19.1 Å². The molecule has 2 aromatic rings. The van der Waals surface area contributed by atoms with Crippen LogP contribution in [0.25, 0.3) is 0 Å². The highest BCUT2D eigenvalue weighted by atomic mass is 35.5. The maximum atomic E-state index is 12.7. The van der Waals surface area contributed by atoms with E-state index < -0.39 is 31.3 Å². The number of nitrogens with one attached hydrogen (secondary N) is 1. The molecule has 1 amide bonds. The van der Waals surface area contributed by atoms with Gasteiger partial charge in [-0.1, -0.05) is 18.5 Å². The molecule has 170 valence electrons. The topological polar surface area (TPSA) is 73.9 Å². The Morgan fingerprint density at radius 3 is 2.26 bits per heavy atom. The standard InChI is InChI=1S/C20H22ClF3NO5P/c1-4-28-31(27,5-2)25-19(26)13(3)29-15-7-9-16(10-8-15)30-18-11-6-14(12-17(18)21)20(22,23)24/h6-13H,4-5H2,1-3H3,(H,25,26,27). The van der Waals surface area contributed by atoms with E-state index in [1.165, 1.54) is 31.2 Å². The quantitative estimate of drug-likeness (QED) is 0.428. The SMILES string of the molecule is CCOP(=O)(CC)NC(=O)C(C)Oc1ccc(Oc2ccc(C(F)(F)F)cc2Cl)cc1. The average Bonchev–Trinajstić information content (AvgIpc) is 2.70. The lowest BCUT2D eigenvalue weighted by atomic mass is 10.2. The molecule has 11 heteroatoms. The van der Waals surface area contributed by atoms with Crippen molar-refractivity contribution in [3.63, 3.8) is 0 Å². The van der Waals surface area contributed by atoms with Crippen molar-refractivity contribution in [3.8, 4) is 17.2 Å². The number of benzene rings is 2. The van der Waals surface area contributed by atoms with Crippen molar-refractivity contribution in [3.05, 3.63) is 53.1 Å². The van der Waals surface area contributed by atoms with Crippen molar-refractivity contribution in [2.75, 3.05) is 12.8 Å². The fourth-order valence-electron chi connectivity index (χ4n) is 2.40. The first-order valence-corrected chi connectivity index (χ1v) is 11.5. The number of rotatable bonds is 9. The molecule has 0 spiro atoms. The normalized spacial score (nSPS) is 14.4. The summed E-state index contributed by atoms with van der Waals surface area (Å²) in [5.74, 6) is 0.104. The third-order valence-corrected chi connectivity index (χ3v) is 6.39. The Bertz CT molecular complexity index is 953. The van der Waals surface area contributed by atoms with E-state index in [1.54, 1.807) is 13.8 Å². The van der Waals surface area contributed by atoms with Gasteiger partial charge in [0.15, 0.2) is 6.10 Å². The van der Waals surface area contributed by atoms with E-state index in [2.05, 4.69) is 5.09 Å². The van der Waals surface area contributed by atoms with Crippen LogP contribution < -0.4 is 14.6 Å². The first-order valence-electron chi connectivity index (χ1n) is 9.34. The van der Waals surface area contributed by atoms with Crippen molar-refractivity contribution in [1.82, 2.24) is 5.09 Å². The Labute approximate surface area is 183 Å². The molecule has 0 saturated heterocycles. The number of hydrogen-bond donors (Lipinski definition) is 1. The Morgan fingerprint density at radius 1 is 1.13 bits per heavy atom. The van der Waals surface area contributed by atoms with Gasteiger partial charge >= 0.3 is 6.18 Å². The Hall–Kier alpha value is -2.22. The Morgan fingerprint density at radius 2 is 1.74 bits per heavy atom. The van der Waals surface area contributed by atoms with Crippen molar-refractivity contribution >= 4 is 25.0 Å². The van der Waals surface area contributed by atoms with Gasteiger partial charge in [-0.05, 0) is 56.3 Å². The van der Waals surface area contributed by atoms with Gasteiger partial charge in [-0.3, -0.25) is 14.4 Å². The van der Waals surface area contributed by atoms with E-state index in [1.807, 2.05) is 0 Å². The maximum Gasteiger partial charge on any atom is 0.416 e. The second-order valence-electron chi connectivity index (χ2n) is 6.36. The van der Waals surface area contributed by atoms with Crippen LogP contribution in [0.1, 0.15) is 26.3 Å². The Balaban J connectivity index is 2.01. The molecule has 2 rings (SSSR count). The number of hydrogen-bond acceptors (Lipinski definition) is 5. The maximum absolute atomic E-state index is 12.7. The summed E-state index contributed by atoms with van der Waals surface area (Å²) >= 11 is 5.88. The average molecular weight is 480 g/mol. The van der Waals surface area contributed by atoms with Crippen LogP contribution in [0.5, 0.6) is 17.2 Å². The largest absolute Gasteiger partial charge is 0.481 e. The second kappa shape index (κ2) is 10.4. The summed E-state index contributed by atoms with van der Waals surface area (Å²) in [4.78, 5) is 12.2. The summed E-state index contributed by atoms with van der Waals surface area (Å²) in [5, 5.41) is 2.19. The molecule has 0 radical (unpaired) electrons. The highest BCUT2D eigenvalue weighted by Crippen LogP contribution is 2.41. The van der Waals surface area contributed by atoms with Crippen LogP contribution in [0.3, 0.4) is 0 Å². The smallest absolute Gasteiger partial charge is 0.416 e. The van der Waals surface area contributed by atoms with Crippen LogP contribution in [0.15, 0.2) is 42.5 Å². The van der Waals surface area contributed by atoms with E-state index in [0.29, 0.717) is 11.5 Å². The molecule has 0 aromatic heterocycles. The number of halogens is 4.